The Kier molecular flexibility index (Phi) is 3.11. The Morgan fingerprint density at radius 3 is 2.67 bits per heavy atom. The molecule has 3 heteroatoms. The molecule has 0 unspecified atom stereocenters. The SMILES string of the molecule is Cc1ccc(-c2cccc(C#N)c2)c(C(=O)O)c1. The van der Waals surface area contributed by atoms with Crippen molar-refractivity contribution >= 4 is 5.97 Å². The summed E-state index contributed by atoms with van der Waals surface area (Å²) in [4.78, 5) is 11.2. The highest BCUT2D eigenvalue weighted by Crippen LogP contribution is 2.25. The molecule has 0 spiro atoms. The monoisotopic (exact) mass is 237 g/mol. The van der Waals surface area contributed by atoms with Crippen molar-refractivity contribution in [3.8, 4) is 17.2 Å². The van der Waals surface area contributed by atoms with E-state index in [0.717, 1.165) is 11.1 Å². The zero-order valence-electron chi connectivity index (χ0n) is 9.84. The molecule has 3 nitrogen and oxygen atoms in total. The molecular formula is C15H11NO2. The molecule has 0 bridgehead atoms. The highest BCUT2D eigenvalue weighted by atomic mass is 16.4. The van der Waals surface area contributed by atoms with Crippen LogP contribution in [0.1, 0.15) is 21.5 Å². The van der Waals surface area contributed by atoms with E-state index in [1.54, 1.807) is 36.4 Å². The maximum Gasteiger partial charge on any atom is 0.336 e. The fourth-order valence-corrected chi connectivity index (χ4v) is 1.84. The third kappa shape index (κ3) is 2.23. The molecule has 0 atom stereocenters. The van der Waals surface area contributed by atoms with Crippen molar-refractivity contribution in [1.82, 2.24) is 0 Å². The number of nitriles is 1. The third-order valence-electron chi connectivity index (χ3n) is 2.71. The molecule has 1 N–H and O–H groups in total. The number of carboxylic acids is 1. The van der Waals surface area contributed by atoms with Gasteiger partial charge in [0.15, 0.2) is 0 Å². The minimum absolute atomic E-state index is 0.255. The molecule has 0 saturated heterocycles. The summed E-state index contributed by atoms with van der Waals surface area (Å²) < 4.78 is 0. The van der Waals surface area contributed by atoms with E-state index in [9.17, 15) is 9.90 Å². The van der Waals surface area contributed by atoms with E-state index in [1.807, 2.05) is 19.1 Å². The predicted molar refractivity (Wildman–Crippen MR) is 68.3 cm³/mol. The zero-order chi connectivity index (χ0) is 13.1. The van der Waals surface area contributed by atoms with Crippen LogP contribution in [0.3, 0.4) is 0 Å². The summed E-state index contributed by atoms with van der Waals surface area (Å²) in [6, 6.07) is 14.3. The minimum Gasteiger partial charge on any atom is -0.478 e. The van der Waals surface area contributed by atoms with Gasteiger partial charge >= 0.3 is 5.97 Å². The number of aryl methyl sites for hydroxylation is 1. The first-order valence-corrected chi connectivity index (χ1v) is 5.46. The van der Waals surface area contributed by atoms with Gasteiger partial charge in [-0.25, -0.2) is 4.79 Å². The lowest BCUT2D eigenvalue weighted by Gasteiger charge is -2.07. The molecule has 2 aromatic carbocycles. The van der Waals surface area contributed by atoms with Gasteiger partial charge in [0.25, 0.3) is 0 Å². The maximum absolute atomic E-state index is 11.2. The van der Waals surface area contributed by atoms with Crippen molar-refractivity contribution in [3.63, 3.8) is 0 Å². The molecule has 0 saturated carbocycles. The lowest BCUT2D eigenvalue weighted by molar-refractivity contribution is 0.0697. The fraction of sp³-hybridized carbons (Fsp3) is 0.0667. The molecule has 0 aliphatic heterocycles. The summed E-state index contributed by atoms with van der Waals surface area (Å²) in [5.41, 5.74) is 3.04. The van der Waals surface area contributed by atoms with E-state index >= 15 is 0 Å². The van der Waals surface area contributed by atoms with E-state index in [-0.39, 0.29) is 5.56 Å². The first-order chi connectivity index (χ1) is 8.61. The summed E-state index contributed by atoms with van der Waals surface area (Å²) in [6.07, 6.45) is 0. The first-order valence-electron chi connectivity index (χ1n) is 5.46. The lowest BCUT2D eigenvalue weighted by Crippen LogP contribution is -2.00. The Morgan fingerprint density at radius 1 is 1.22 bits per heavy atom. The van der Waals surface area contributed by atoms with Crippen LogP contribution in [0.2, 0.25) is 0 Å². The Morgan fingerprint density at radius 2 is 2.00 bits per heavy atom. The van der Waals surface area contributed by atoms with Gasteiger partial charge < -0.3 is 5.11 Å². The zero-order valence-corrected chi connectivity index (χ0v) is 9.84. The van der Waals surface area contributed by atoms with Gasteiger partial charge in [-0.3, -0.25) is 0 Å². The second-order valence-corrected chi connectivity index (χ2v) is 4.05. The molecule has 88 valence electrons. The van der Waals surface area contributed by atoms with E-state index in [2.05, 4.69) is 0 Å². The van der Waals surface area contributed by atoms with Crippen LogP contribution < -0.4 is 0 Å². The lowest BCUT2D eigenvalue weighted by atomic mass is 9.97. The molecule has 0 heterocycles. The Balaban J connectivity index is 2.63. The molecule has 0 amide bonds. The average molecular weight is 237 g/mol. The van der Waals surface area contributed by atoms with Crippen LogP contribution >= 0.6 is 0 Å². The van der Waals surface area contributed by atoms with Gasteiger partial charge in [0.2, 0.25) is 0 Å². The van der Waals surface area contributed by atoms with Gasteiger partial charge in [-0.15, -0.1) is 0 Å². The Labute approximate surface area is 105 Å². The quantitative estimate of drug-likeness (QED) is 0.872. The third-order valence-corrected chi connectivity index (χ3v) is 2.71. The van der Waals surface area contributed by atoms with Gasteiger partial charge in [0.05, 0.1) is 17.2 Å². The normalized spacial score (nSPS) is 9.78. The molecule has 2 aromatic rings. The van der Waals surface area contributed by atoms with Gasteiger partial charge in [-0.05, 0) is 36.2 Å². The number of carbonyl (C=O) groups is 1. The van der Waals surface area contributed by atoms with Gasteiger partial charge in [-0.2, -0.15) is 5.26 Å². The number of hydrogen-bond acceptors (Lipinski definition) is 2. The van der Waals surface area contributed by atoms with Crippen molar-refractivity contribution in [1.29, 1.82) is 5.26 Å². The molecule has 0 aliphatic rings. The first kappa shape index (κ1) is 11.9. The Bertz CT molecular complexity index is 654. The van der Waals surface area contributed by atoms with Crippen LogP contribution in [0.5, 0.6) is 0 Å². The second-order valence-electron chi connectivity index (χ2n) is 4.05. The van der Waals surface area contributed by atoms with Crippen LogP contribution in [-0.4, -0.2) is 11.1 Å². The van der Waals surface area contributed by atoms with Crippen LogP contribution in [0.25, 0.3) is 11.1 Å². The topological polar surface area (TPSA) is 61.1 Å². The Hall–Kier alpha value is -2.60. The van der Waals surface area contributed by atoms with Crippen molar-refractivity contribution in [2.45, 2.75) is 6.92 Å². The molecule has 2 rings (SSSR count). The summed E-state index contributed by atoms with van der Waals surface area (Å²) in [6.45, 7) is 1.85. The minimum atomic E-state index is -0.962. The van der Waals surface area contributed by atoms with Gasteiger partial charge in [-0.1, -0.05) is 29.8 Å². The number of hydrogen-bond donors (Lipinski definition) is 1. The predicted octanol–water partition coefficient (Wildman–Crippen LogP) is 3.23. The van der Waals surface area contributed by atoms with Crippen LogP contribution in [0, 0.1) is 18.3 Å². The molecule has 18 heavy (non-hydrogen) atoms. The smallest absolute Gasteiger partial charge is 0.336 e. The van der Waals surface area contributed by atoms with Crippen molar-refractivity contribution in [3.05, 3.63) is 59.2 Å². The number of benzene rings is 2. The number of carboxylic acid groups (broad SMARTS) is 1. The number of rotatable bonds is 2. The van der Waals surface area contributed by atoms with Gasteiger partial charge in [0.1, 0.15) is 0 Å². The van der Waals surface area contributed by atoms with E-state index in [4.69, 9.17) is 5.26 Å². The van der Waals surface area contributed by atoms with Crippen molar-refractivity contribution < 1.29 is 9.90 Å². The van der Waals surface area contributed by atoms with Crippen molar-refractivity contribution in [2.24, 2.45) is 0 Å². The number of nitrogens with zero attached hydrogens (tertiary/aromatic N) is 1. The second kappa shape index (κ2) is 4.72. The van der Waals surface area contributed by atoms with E-state index in [1.165, 1.54) is 0 Å². The average Bonchev–Trinajstić information content (AvgIpc) is 2.38. The highest BCUT2D eigenvalue weighted by Gasteiger charge is 2.12. The van der Waals surface area contributed by atoms with E-state index in [0.29, 0.717) is 11.1 Å². The molecule has 0 radical (unpaired) electrons. The molecule has 0 aromatic heterocycles. The summed E-state index contributed by atoms with van der Waals surface area (Å²) in [5.74, 6) is -0.962. The molecule has 0 aliphatic carbocycles. The van der Waals surface area contributed by atoms with Gasteiger partial charge in [0, 0.05) is 0 Å². The van der Waals surface area contributed by atoms with Crippen LogP contribution in [0.4, 0.5) is 0 Å². The number of aromatic carboxylic acids is 1. The van der Waals surface area contributed by atoms with Crippen LogP contribution in [-0.2, 0) is 0 Å². The maximum atomic E-state index is 11.2. The summed E-state index contributed by atoms with van der Waals surface area (Å²) >= 11 is 0. The largest absolute Gasteiger partial charge is 0.478 e. The molecule has 0 fully saturated rings. The summed E-state index contributed by atoms with van der Waals surface area (Å²) in [5, 5.41) is 18.1. The molecular weight excluding hydrogens is 226 g/mol. The fourth-order valence-electron chi connectivity index (χ4n) is 1.84. The standard InChI is InChI=1S/C15H11NO2/c1-10-5-6-13(14(7-10)15(17)18)12-4-2-3-11(8-12)9-16/h2-8H,1H3,(H,17,18). The van der Waals surface area contributed by atoms with Crippen molar-refractivity contribution in [2.75, 3.05) is 0 Å². The van der Waals surface area contributed by atoms with Crippen LogP contribution in [0.15, 0.2) is 42.5 Å². The summed E-state index contributed by atoms with van der Waals surface area (Å²) in [7, 11) is 0. The van der Waals surface area contributed by atoms with E-state index < -0.39 is 5.97 Å². The highest BCUT2D eigenvalue weighted by molar-refractivity contribution is 5.96.